The molecule has 166 valence electrons. The number of aromatic nitrogens is 2. The number of fused-ring (bicyclic) bond motifs is 1. The van der Waals surface area contributed by atoms with Gasteiger partial charge in [0.15, 0.2) is 11.9 Å². The molecular formula is C25H20ClN3O4. The first kappa shape index (κ1) is 22.2. The number of ether oxygens (including phenoxy) is 2. The van der Waals surface area contributed by atoms with Gasteiger partial charge in [-0.15, -0.1) is 0 Å². The molecule has 0 saturated heterocycles. The standard InChI is InChI=1S/C25H20ClN3O4/c1-16(25(31)32-2)33-22-13-12-19(26)14-18(22)15-27-29-23(17-8-4-3-5-9-17)28-21-11-7-6-10-20(21)24(29)30/h3-16H,1-2H3/t16-/m1/s1. The average molecular weight is 462 g/mol. The van der Waals surface area contributed by atoms with E-state index < -0.39 is 12.1 Å². The lowest BCUT2D eigenvalue weighted by atomic mass is 10.2. The molecule has 0 saturated carbocycles. The second kappa shape index (κ2) is 9.67. The van der Waals surface area contributed by atoms with Crippen molar-refractivity contribution >= 4 is 34.7 Å². The molecule has 0 fully saturated rings. The van der Waals surface area contributed by atoms with Crippen molar-refractivity contribution in [2.45, 2.75) is 13.0 Å². The summed E-state index contributed by atoms with van der Waals surface area (Å²) in [5, 5.41) is 5.33. The van der Waals surface area contributed by atoms with Gasteiger partial charge in [0.25, 0.3) is 5.56 Å². The van der Waals surface area contributed by atoms with Crippen LogP contribution in [0.2, 0.25) is 5.02 Å². The molecule has 1 atom stereocenters. The highest BCUT2D eigenvalue weighted by atomic mass is 35.5. The SMILES string of the molecule is COC(=O)[C@@H](C)Oc1ccc(Cl)cc1C=Nn1c(-c2ccccc2)nc2ccccc2c1=O. The summed E-state index contributed by atoms with van der Waals surface area (Å²) < 4.78 is 11.7. The molecule has 0 spiro atoms. The highest BCUT2D eigenvalue weighted by Crippen LogP contribution is 2.24. The van der Waals surface area contributed by atoms with Crippen LogP contribution in [0.15, 0.2) is 82.7 Å². The first-order valence-corrected chi connectivity index (χ1v) is 10.5. The molecule has 3 aromatic carbocycles. The van der Waals surface area contributed by atoms with E-state index in [1.165, 1.54) is 18.0 Å². The van der Waals surface area contributed by atoms with Gasteiger partial charge in [-0.05, 0) is 37.3 Å². The fourth-order valence-corrected chi connectivity index (χ4v) is 3.44. The van der Waals surface area contributed by atoms with Crippen molar-refractivity contribution in [3.63, 3.8) is 0 Å². The van der Waals surface area contributed by atoms with E-state index >= 15 is 0 Å². The molecule has 0 N–H and O–H groups in total. The Bertz CT molecular complexity index is 1400. The van der Waals surface area contributed by atoms with E-state index in [-0.39, 0.29) is 5.56 Å². The van der Waals surface area contributed by atoms with Crippen LogP contribution in [0.3, 0.4) is 0 Å². The van der Waals surface area contributed by atoms with Crippen LogP contribution in [0.5, 0.6) is 5.75 Å². The second-order valence-electron chi connectivity index (χ2n) is 7.15. The van der Waals surface area contributed by atoms with Crippen molar-refractivity contribution in [3.8, 4) is 17.1 Å². The van der Waals surface area contributed by atoms with Gasteiger partial charge in [0.1, 0.15) is 5.75 Å². The van der Waals surface area contributed by atoms with Crippen molar-refractivity contribution < 1.29 is 14.3 Å². The van der Waals surface area contributed by atoms with E-state index in [1.54, 1.807) is 43.3 Å². The Labute approximate surface area is 194 Å². The van der Waals surface area contributed by atoms with Crippen molar-refractivity contribution in [2.75, 3.05) is 7.11 Å². The van der Waals surface area contributed by atoms with Crippen LogP contribution in [0.1, 0.15) is 12.5 Å². The van der Waals surface area contributed by atoms with Crippen molar-refractivity contribution in [1.29, 1.82) is 0 Å². The molecule has 33 heavy (non-hydrogen) atoms. The molecule has 1 aromatic heterocycles. The van der Waals surface area contributed by atoms with Crippen LogP contribution >= 0.6 is 11.6 Å². The topological polar surface area (TPSA) is 82.8 Å². The monoisotopic (exact) mass is 461 g/mol. The zero-order chi connectivity index (χ0) is 23.4. The number of carbonyl (C=O) groups excluding carboxylic acids is 1. The molecule has 0 radical (unpaired) electrons. The van der Waals surface area contributed by atoms with Crippen LogP contribution < -0.4 is 10.3 Å². The number of esters is 1. The van der Waals surface area contributed by atoms with Crippen LogP contribution in [0, 0.1) is 0 Å². The Hall–Kier alpha value is -3.97. The van der Waals surface area contributed by atoms with Crippen LogP contribution in [0.4, 0.5) is 0 Å². The average Bonchev–Trinajstić information content (AvgIpc) is 2.84. The van der Waals surface area contributed by atoms with E-state index in [9.17, 15) is 9.59 Å². The molecule has 0 aliphatic heterocycles. The van der Waals surface area contributed by atoms with Gasteiger partial charge in [-0.25, -0.2) is 9.78 Å². The van der Waals surface area contributed by atoms with E-state index in [4.69, 9.17) is 21.1 Å². The molecule has 0 bridgehead atoms. The summed E-state index contributed by atoms with van der Waals surface area (Å²) in [4.78, 5) is 29.7. The summed E-state index contributed by atoms with van der Waals surface area (Å²) in [6, 6.07) is 21.3. The van der Waals surface area contributed by atoms with Crippen molar-refractivity contribution in [1.82, 2.24) is 9.66 Å². The number of halogens is 1. The molecule has 4 rings (SSSR count). The van der Waals surface area contributed by atoms with Crippen LogP contribution in [0.25, 0.3) is 22.3 Å². The van der Waals surface area contributed by atoms with E-state index in [2.05, 4.69) is 10.1 Å². The number of hydrogen-bond acceptors (Lipinski definition) is 6. The first-order chi connectivity index (χ1) is 16.0. The summed E-state index contributed by atoms with van der Waals surface area (Å²) >= 11 is 6.17. The molecule has 0 amide bonds. The summed E-state index contributed by atoms with van der Waals surface area (Å²) in [5.74, 6) is 0.237. The highest BCUT2D eigenvalue weighted by molar-refractivity contribution is 6.30. The summed E-state index contributed by atoms with van der Waals surface area (Å²) in [6.07, 6.45) is 0.614. The fourth-order valence-electron chi connectivity index (χ4n) is 3.26. The van der Waals surface area contributed by atoms with E-state index in [1.807, 2.05) is 36.4 Å². The number of rotatable bonds is 6. The third-order valence-electron chi connectivity index (χ3n) is 4.91. The third kappa shape index (κ3) is 4.78. The molecule has 0 unspecified atom stereocenters. The highest BCUT2D eigenvalue weighted by Gasteiger charge is 2.17. The normalized spacial score (nSPS) is 12.1. The Morgan fingerprint density at radius 3 is 2.58 bits per heavy atom. The number of carbonyl (C=O) groups is 1. The van der Waals surface area contributed by atoms with Crippen molar-refractivity contribution in [2.24, 2.45) is 5.10 Å². The molecule has 7 nitrogen and oxygen atoms in total. The maximum Gasteiger partial charge on any atom is 0.346 e. The molecule has 1 heterocycles. The van der Waals surface area contributed by atoms with Gasteiger partial charge in [-0.1, -0.05) is 54.1 Å². The summed E-state index contributed by atoms with van der Waals surface area (Å²) in [6.45, 7) is 1.58. The number of nitrogens with zero attached hydrogens (tertiary/aromatic N) is 3. The fraction of sp³-hybridized carbons (Fsp3) is 0.120. The number of methoxy groups -OCH3 is 1. The molecule has 0 aliphatic rings. The van der Waals surface area contributed by atoms with Gasteiger partial charge in [0, 0.05) is 16.1 Å². The van der Waals surface area contributed by atoms with Gasteiger partial charge >= 0.3 is 5.97 Å². The lowest BCUT2D eigenvalue weighted by molar-refractivity contribution is -0.147. The number of benzene rings is 3. The predicted molar refractivity (Wildman–Crippen MR) is 128 cm³/mol. The van der Waals surface area contributed by atoms with E-state index in [0.717, 1.165) is 5.56 Å². The molecule has 4 aromatic rings. The minimum atomic E-state index is -0.840. The van der Waals surface area contributed by atoms with Crippen molar-refractivity contribution in [3.05, 3.63) is 93.7 Å². The van der Waals surface area contributed by atoms with Crippen LogP contribution in [-0.2, 0) is 9.53 Å². The predicted octanol–water partition coefficient (Wildman–Crippen LogP) is 4.54. The Morgan fingerprint density at radius 1 is 1.09 bits per heavy atom. The van der Waals surface area contributed by atoms with Gasteiger partial charge in [0.05, 0.1) is 24.2 Å². The maximum atomic E-state index is 13.3. The zero-order valence-corrected chi connectivity index (χ0v) is 18.7. The Kier molecular flexibility index (Phi) is 6.51. The maximum absolute atomic E-state index is 13.3. The Morgan fingerprint density at radius 2 is 1.82 bits per heavy atom. The third-order valence-corrected chi connectivity index (χ3v) is 5.14. The van der Waals surface area contributed by atoms with Crippen LogP contribution in [-0.4, -0.2) is 35.1 Å². The Balaban J connectivity index is 1.84. The number of hydrogen-bond donors (Lipinski definition) is 0. The van der Waals surface area contributed by atoms with Gasteiger partial charge in [-0.3, -0.25) is 4.79 Å². The largest absolute Gasteiger partial charge is 0.478 e. The summed E-state index contributed by atoms with van der Waals surface area (Å²) in [7, 11) is 1.29. The van der Waals surface area contributed by atoms with E-state index in [0.29, 0.717) is 33.1 Å². The van der Waals surface area contributed by atoms with Gasteiger partial charge in [0.2, 0.25) is 0 Å². The summed E-state index contributed by atoms with van der Waals surface area (Å²) in [5.41, 5.74) is 1.48. The first-order valence-electron chi connectivity index (χ1n) is 10.1. The zero-order valence-electron chi connectivity index (χ0n) is 17.9. The lowest BCUT2D eigenvalue weighted by Crippen LogP contribution is -2.25. The van der Waals surface area contributed by atoms with Gasteiger partial charge in [-0.2, -0.15) is 9.78 Å². The molecule has 8 heteroatoms. The molecule has 0 aliphatic carbocycles. The lowest BCUT2D eigenvalue weighted by Gasteiger charge is -2.14. The van der Waals surface area contributed by atoms with Gasteiger partial charge < -0.3 is 9.47 Å². The minimum absolute atomic E-state index is 0.317. The smallest absolute Gasteiger partial charge is 0.346 e. The minimum Gasteiger partial charge on any atom is -0.478 e. The number of para-hydroxylation sites is 1. The second-order valence-corrected chi connectivity index (χ2v) is 7.58. The molecular weight excluding hydrogens is 442 g/mol. The quantitative estimate of drug-likeness (QED) is 0.311.